The highest BCUT2D eigenvalue weighted by atomic mass is 32.2. The van der Waals surface area contributed by atoms with Gasteiger partial charge in [-0.15, -0.1) is 0 Å². The molecule has 0 radical (unpaired) electrons. The average Bonchev–Trinajstić information content (AvgIpc) is 2.68. The lowest BCUT2D eigenvalue weighted by Crippen LogP contribution is -2.12. The zero-order valence-corrected chi connectivity index (χ0v) is 19.3. The number of aryl methyl sites for hydroxylation is 1. The van der Waals surface area contributed by atoms with E-state index in [1.165, 1.54) is 17.5 Å². The van der Waals surface area contributed by atoms with E-state index >= 15 is 0 Å². The number of fused-ring (bicyclic) bond motifs is 1. The molecule has 0 bridgehead atoms. The Kier molecular flexibility index (Phi) is 9.64. The summed E-state index contributed by atoms with van der Waals surface area (Å²) < 4.78 is 35.2. The standard InChI is InChI=1S/C25H38O3S/c1-4-7-10-15-20-21(16-11-8-5-2)23(18-12-9-6-3)25(29(26,27)28)24-19-14-13-17-22(20)24/h13-14,17,19H,4-12,15-16,18H2,1-3H3,(H,26,27,28). The minimum absolute atomic E-state index is 0.162. The van der Waals surface area contributed by atoms with Crippen LogP contribution in [0, 0.1) is 0 Å². The predicted molar refractivity (Wildman–Crippen MR) is 123 cm³/mol. The summed E-state index contributed by atoms with van der Waals surface area (Å²) in [6.45, 7) is 6.55. The zero-order valence-electron chi connectivity index (χ0n) is 18.5. The molecule has 0 unspecified atom stereocenters. The van der Waals surface area contributed by atoms with E-state index in [9.17, 15) is 13.0 Å². The van der Waals surface area contributed by atoms with Gasteiger partial charge in [0.15, 0.2) is 0 Å². The molecule has 0 spiro atoms. The second-order valence-corrected chi connectivity index (χ2v) is 9.52. The lowest BCUT2D eigenvalue weighted by atomic mass is 9.86. The summed E-state index contributed by atoms with van der Waals surface area (Å²) in [4.78, 5) is 0.162. The Hall–Kier alpha value is -1.39. The molecule has 0 heterocycles. The van der Waals surface area contributed by atoms with E-state index in [1.54, 1.807) is 0 Å². The summed E-state index contributed by atoms with van der Waals surface area (Å²) in [6.07, 6.45) is 12.5. The van der Waals surface area contributed by atoms with Crippen molar-refractivity contribution in [2.45, 2.75) is 103 Å². The summed E-state index contributed by atoms with van der Waals surface area (Å²) in [5, 5.41) is 1.69. The van der Waals surface area contributed by atoms with Gasteiger partial charge < -0.3 is 0 Å². The molecule has 2 aromatic rings. The van der Waals surface area contributed by atoms with E-state index in [1.807, 2.05) is 24.3 Å². The van der Waals surface area contributed by atoms with Crippen LogP contribution in [-0.2, 0) is 29.4 Å². The largest absolute Gasteiger partial charge is 0.295 e. The van der Waals surface area contributed by atoms with Crippen molar-refractivity contribution in [1.82, 2.24) is 0 Å². The van der Waals surface area contributed by atoms with Gasteiger partial charge in [-0.25, -0.2) is 0 Å². The lowest BCUT2D eigenvalue weighted by Gasteiger charge is -2.22. The molecule has 0 atom stereocenters. The fraction of sp³-hybridized carbons (Fsp3) is 0.600. The number of benzene rings is 2. The molecule has 3 nitrogen and oxygen atoms in total. The normalized spacial score (nSPS) is 12.0. The highest BCUT2D eigenvalue weighted by molar-refractivity contribution is 7.86. The van der Waals surface area contributed by atoms with Crippen molar-refractivity contribution in [3.63, 3.8) is 0 Å². The van der Waals surface area contributed by atoms with Crippen LogP contribution in [0.5, 0.6) is 0 Å². The molecule has 0 aliphatic heterocycles. The Morgan fingerprint density at radius 1 is 0.655 bits per heavy atom. The first-order valence-corrected chi connectivity index (χ1v) is 12.9. The number of hydrogen-bond acceptors (Lipinski definition) is 2. The Morgan fingerprint density at radius 3 is 1.59 bits per heavy atom. The highest BCUT2D eigenvalue weighted by Gasteiger charge is 2.25. The van der Waals surface area contributed by atoms with Gasteiger partial charge in [0.25, 0.3) is 10.1 Å². The predicted octanol–water partition coefficient (Wildman–Crippen LogP) is 7.28. The third kappa shape index (κ3) is 6.29. The van der Waals surface area contributed by atoms with Crippen LogP contribution >= 0.6 is 0 Å². The van der Waals surface area contributed by atoms with Crippen molar-refractivity contribution in [2.75, 3.05) is 0 Å². The van der Waals surface area contributed by atoms with E-state index in [2.05, 4.69) is 20.8 Å². The zero-order chi connectivity index (χ0) is 21.3. The molecule has 0 fully saturated rings. The van der Waals surface area contributed by atoms with Gasteiger partial charge in [-0.2, -0.15) is 8.42 Å². The molecule has 2 aromatic carbocycles. The molecule has 0 saturated carbocycles. The molecular weight excluding hydrogens is 380 g/mol. The average molecular weight is 419 g/mol. The molecule has 1 N–H and O–H groups in total. The monoisotopic (exact) mass is 418 g/mol. The second kappa shape index (κ2) is 11.7. The molecule has 29 heavy (non-hydrogen) atoms. The quantitative estimate of drug-likeness (QED) is 0.274. The van der Waals surface area contributed by atoms with Gasteiger partial charge in [-0.05, 0) is 60.6 Å². The summed E-state index contributed by atoms with van der Waals surface area (Å²) >= 11 is 0. The molecule has 2 rings (SSSR count). The molecule has 0 aliphatic rings. The van der Waals surface area contributed by atoms with Crippen LogP contribution in [0.3, 0.4) is 0 Å². The van der Waals surface area contributed by atoms with Gasteiger partial charge in [0.2, 0.25) is 0 Å². The third-order valence-electron chi connectivity index (χ3n) is 5.85. The third-order valence-corrected chi connectivity index (χ3v) is 6.83. The van der Waals surface area contributed by atoms with Crippen molar-refractivity contribution in [1.29, 1.82) is 0 Å². The summed E-state index contributed by atoms with van der Waals surface area (Å²) in [5.41, 5.74) is 3.38. The maximum Gasteiger partial charge on any atom is 0.295 e. The first-order chi connectivity index (χ1) is 14.0. The Bertz CT molecular complexity index is 885. The van der Waals surface area contributed by atoms with Crippen LogP contribution in [0.15, 0.2) is 29.2 Å². The maximum atomic E-state index is 12.5. The van der Waals surface area contributed by atoms with E-state index in [0.29, 0.717) is 5.39 Å². The van der Waals surface area contributed by atoms with Crippen molar-refractivity contribution >= 4 is 20.9 Å². The van der Waals surface area contributed by atoms with Crippen LogP contribution in [-0.4, -0.2) is 13.0 Å². The minimum atomic E-state index is -4.29. The molecule has 0 amide bonds. The summed E-state index contributed by atoms with van der Waals surface area (Å²) in [6, 6.07) is 7.75. The molecule has 0 saturated heterocycles. The first-order valence-electron chi connectivity index (χ1n) is 11.5. The van der Waals surface area contributed by atoms with Crippen molar-refractivity contribution in [3.05, 3.63) is 41.0 Å². The van der Waals surface area contributed by atoms with E-state index in [-0.39, 0.29) is 4.90 Å². The maximum absolute atomic E-state index is 12.5. The SMILES string of the molecule is CCCCCc1c(CCCCC)c(S(=O)(=O)O)c2ccccc2c1CCCCC. The van der Waals surface area contributed by atoms with Crippen LogP contribution in [0.1, 0.15) is 95.2 Å². The number of rotatable bonds is 13. The molecule has 0 aromatic heterocycles. The van der Waals surface area contributed by atoms with Gasteiger partial charge >= 0.3 is 0 Å². The smallest absolute Gasteiger partial charge is 0.282 e. The van der Waals surface area contributed by atoms with Crippen LogP contribution < -0.4 is 0 Å². The Labute approximate surface area is 177 Å². The summed E-state index contributed by atoms with van der Waals surface area (Å²) in [7, 11) is -4.29. The van der Waals surface area contributed by atoms with Crippen molar-refractivity contribution in [2.24, 2.45) is 0 Å². The van der Waals surface area contributed by atoms with Gasteiger partial charge in [0, 0.05) is 5.39 Å². The fourth-order valence-corrected chi connectivity index (χ4v) is 5.38. The minimum Gasteiger partial charge on any atom is -0.282 e. The molecule has 4 heteroatoms. The van der Waals surface area contributed by atoms with E-state index < -0.39 is 10.1 Å². The van der Waals surface area contributed by atoms with Crippen LogP contribution in [0.25, 0.3) is 10.8 Å². The van der Waals surface area contributed by atoms with Crippen LogP contribution in [0.4, 0.5) is 0 Å². The van der Waals surface area contributed by atoms with Gasteiger partial charge in [-0.3, -0.25) is 4.55 Å². The molecular formula is C25H38O3S. The first kappa shape index (κ1) is 23.9. The number of hydrogen-bond donors (Lipinski definition) is 1. The lowest BCUT2D eigenvalue weighted by molar-refractivity contribution is 0.482. The Balaban J connectivity index is 2.75. The highest BCUT2D eigenvalue weighted by Crippen LogP contribution is 2.36. The Morgan fingerprint density at radius 2 is 1.10 bits per heavy atom. The topological polar surface area (TPSA) is 54.4 Å². The van der Waals surface area contributed by atoms with Gasteiger partial charge in [0.1, 0.15) is 4.90 Å². The van der Waals surface area contributed by atoms with E-state index in [4.69, 9.17) is 0 Å². The summed E-state index contributed by atoms with van der Waals surface area (Å²) in [5.74, 6) is 0. The van der Waals surface area contributed by atoms with Gasteiger partial charge in [-0.1, -0.05) is 83.6 Å². The van der Waals surface area contributed by atoms with Crippen LogP contribution in [0.2, 0.25) is 0 Å². The van der Waals surface area contributed by atoms with Crippen molar-refractivity contribution in [3.8, 4) is 0 Å². The number of unbranched alkanes of at least 4 members (excludes halogenated alkanes) is 6. The van der Waals surface area contributed by atoms with Gasteiger partial charge in [0.05, 0.1) is 0 Å². The molecule has 162 valence electrons. The van der Waals surface area contributed by atoms with Crippen molar-refractivity contribution < 1.29 is 13.0 Å². The molecule has 0 aliphatic carbocycles. The fourth-order valence-electron chi connectivity index (χ4n) is 4.39. The van der Waals surface area contributed by atoms with E-state index in [0.717, 1.165) is 81.6 Å². The second-order valence-electron chi connectivity index (χ2n) is 8.16.